The van der Waals surface area contributed by atoms with Crippen molar-refractivity contribution in [2.75, 3.05) is 7.05 Å². The predicted octanol–water partition coefficient (Wildman–Crippen LogP) is 3.16. The molecule has 3 aromatic rings. The molecule has 0 saturated carbocycles. The molecule has 7 heteroatoms. The van der Waals surface area contributed by atoms with E-state index in [4.69, 9.17) is 0 Å². The summed E-state index contributed by atoms with van der Waals surface area (Å²) in [6, 6.07) is 10.8. The second-order valence-electron chi connectivity index (χ2n) is 8.07. The Morgan fingerprint density at radius 3 is 2.65 bits per heavy atom. The van der Waals surface area contributed by atoms with E-state index in [-0.39, 0.29) is 6.04 Å². The maximum absolute atomic E-state index is 4.53. The molecule has 3 rings (SSSR count). The van der Waals surface area contributed by atoms with Crippen molar-refractivity contribution in [1.82, 2.24) is 30.0 Å². The monoisotopic (exact) mass is 421 g/mol. The van der Waals surface area contributed by atoms with E-state index in [0.29, 0.717) is 6.54 Å². The summed E-state index contributed by atoms with van der Waals surface area (Å²) >= 11 is 0. The highest BCUT2D eigenvalue weighted by Crippen LogP contribution is 2.14. The van der Waals surface area contributed by atoms with E-state index in [9.17, 15) is 0 Å². The van der Waals surface area contributed by atoms with Crippen molar-refractivity contribution in [3.8, 4) is 0 Å². The molecule has 1 aromatic carbocycles. The first-order valence-corrected chi connectivity index (χ1v) is 11.0. The number of hydrogen-bond donors (Lipinski definition) is 2. The van der Waals surface area contributed by atoms with Gasteiger partial charge in [-0.25, -0.2) is 4.98 Å². The van der Waals surface area contributed by atoms with Gasteiger partial charge < -0.3 is 15.2 Å². The summed E-state index contributed by atoms with van der Waals surface area (Å²) in [5.41, 5.74) is 4.98. The molecule has 0 fully saturated rings. The molecule has 7 nitrogen and oxygen atoms in total. The number of imidazole rings is 1. The lowest BCUT2D eigenvalue weighted by molar-refractivity contribution is 0.593. The van der Waals surface area contributed by atoms with Crippen LogP contribution in [0.1, 0.15) is 41.7 Å². The Kier molecular flexibility index (Phi) is 7.87. The van der Waals surface area contributed by atoms with Crippen molar-refractivity contribution >= 4 is 5.96 Å². The molecule has 2 aromatic heterocycles. The molecular formula is C24H35N7. The van der Waals surface area contributed by atoms with Crippen LogP contribution in [0.25, 0.3) is 0 Å². The molecular weight excluding hydrogens is 386 g/mol. The van der Waals surface area contributed by atoms with Crippen LogP contribution in [-0.4, -0.2) is 38.4 Å². The molecule has 0 radical (unpaired) electrons. The van der Waals surface area contributed by atoms with E-state index in [1.165, 1.54) is 16.8 Å². The van der Waals surface area contributed by atoms with Crippen molar-refractivity contribution in [1.29, 1.82) is 0 Å². The summed E-state index contributed by atoms with van der Waals surface area (Å²) in [6.45, 7) is 7.94. The number of nitrogens with one attached hydrogen (secondary N) is 2. The topological polar surface area (TPSA) is 72.1 Å². The normalized spacial score (nSPS) is 12.7. The summed E-state index contributed by atoms with van der Waals surface area (Å²) < 4.78 is 4.16. The van der Waals surface area contributed by atoms with Crippen LogP contribution < -0.4 is 10.6 Å². The number of rotatable bonds is 9. The zero-order valence-electron chi connectivity index (χ0n) is 19.4. The van der Waals surface area contributed by atoms with E-state index in [2.05, 4.69) is 87.6 Å². The number of aliphatic imine (C=N–C) groups is 1. The largest absolute Gasteiger partial charge is 0.354 e. The Labute approximate surface area is 185 Å². The van der Waals surface area contributed by atoms with Crippen LogP contribution in [0.5, 0.6) is 0 Å². The second kappa shape index (κ2) is 10.8. The highest BCUT2D eigenvalue weighted by Gasteiger charge is 2.14. The van der Waals surface area contributed by atoms with Gasteiger partial charge in [0.2, 0.25) is 0 Å². The van der Waals surface area contributed by atoms with Crippen molar-refractivity contribution < 1.29 is 0 Å². The van der Waals surface area contributed by atoms with E-state index < -0.39 is 0 Å². The molecule has 0 aliphatic carbocycles. The van der Waals surface area contributed by atoms with Gasteiger partial charge in [-0.05, 0) is 51.2 Å². The molecule has 2 heterocycles. The highest BCUT2D eigenvalue weighted by molar-refractivity contribution is 5.79. The lowest BCUT2D eigenvalue weighted by Gasteiger charge is -2.18. The molecule has 0 spiro atoms. The molecule has 0 aliphatic rings. The van der Waals surface area contributed by atoms with Gasteiger partial charge in [-0.3, -0.25) is 9.67 Å². The molecule has 0 aliphatic heterocycles. The minimum atomic E-state index is 0.235. The van der Waals surface area contributed by atoms with Crippen LogP contribution in [0.4, 0.5) is 0 Å². The molecule has 2 N–H and O–H groups in total. The second-order valence-corrected chi connectivity index (χ2v) is 8.07. The van der Waals surface area contributed by atoms with Gasteiger partial charge in [0.25, 0.3) is 0 Å². The smallest absolute Gasteiger partial charge is 0.191 e. The maximum Gasteiger partial charge on any atom is 0.191 e. The first kappa shape index (κ1) is 22.6. The average Bonchev–Trinajstić information content (AvgIpc) is 3.31. The highest BCUT2D eigenvalue weighted by atomic mass is 15.3. The van der Waals surface area contributed by atoms with E-state index >= 15 is 0 Å². The van der Waals surface area contributed by atoms with Crippen LogP contribution in [-0.2, 0) is 33.0 Å². The number of aryl methyl sites for hydroxylation is 4. The third-order valence-electron chi connectivity index (χ3n) is 5.70. The van der Waals surface area contributed by atoms with Gasteiger partial charge in [-0.15, -0.1) is 0 Å². The lowest BCUT2D eigenvalue weighted by Crippen LogP contribution is -2.43. The quantitative estimate of drug-likeness (QED) is 0.411. The fourth-order valence-electron chi connectivity index (χ4n) is 3.87. The Hall–Kier alpha value is -3.09. The Morgan fingerprint density at radius 2 is 1.97 bits per heavy atom. The zero-order valence-corrected chi connectivity index (χ0v) is 19.4. The number of benzene rings is 1. The third kappa shape index (κ3) is 6.20. The minimum absolute atomic E-state index is 0.235. The Bertz CT molecular complexity index is 985. The van der Waals surface area contributed by atoms with Crippen LogP contribution in [0.15, 0.2) is 47.7 Å². The van der Waals surface area contributed by atoms with Crippen LogP contribution in [0.2, 0.25) is 0 Å². The van der Waals surface area contributed by atoms with Gasteiger partial charge in [0.1, 0.15) is 5.82 Å². The fraction of sp³-hybridized carbons (Fsp3) is 0.458. The summed E-state index contributed by atoms with van der Waals surface area (Å²) in [4.78, 5) is 8.91. The standard InChI is InChI=1S/C24H35N7/c1-18(16-22-19(2)29-30(5)20(22)3)28-24(25-4)27-17-23-26-13-15-31(23)14-9-12-21-10-7-6-8-11-21/h6-8,10-11,13,15,18H,9,12,14,16-17H2,1-5H3,(H2,25,27,28). The first-order chi connectivity index (χ1) is 15.0. The van der Waals surface area contributed by atoms with Crippen LogP contribution >= 0.6 is 0 Å². The van der Waals surface area contributed by atoms with Gasteiger partial charge in [0.05, 0.1) is 12.2 Å². The molecule has 1 unspecified atom stereocenters. The lowest BCUT2D eigenvalue weighted by atomic mass is 10.1. The molecule has 31 heavy (non-hydrogen) atoms. The summed E-state index contributed by atoms with van der Waals surface area (Å²) in [7, 11) is 3.79. The third-order valence-corrected chi connectivity index (χ3v) is 5.70. The van der Waals surface area contributed by atoms with Crippen molar-refractivity contribution in [2.45, 2.75) is 59.2 Å². The number of nitrogens with zero attached hydrogens (tertiary/aromatic N) is 5. The van der Waals surface area contributed by atoms with Crippen molar-refractivity contribution in [3.05, 3.63) is 71.1 Å². The summed E-state index contributed by atoms with van der Waals surface area (Å²) in [6.07, 6.45) is 6.97. The maximum atomic E-state index is 4.53. The van der Waals surface area contributed by atoms with Crippen LogP contribution in [0, 0.1) is 13.8 Å². The van der Waals surface area contributed by atoms with Crippen molar-refractivity contribution in [2.24, 2.45) is 12.0 Å². The molecule has 0 saturated heterocycles. The predicted molar refractivity (Wildman–Crippen MR) is 126 cm³/mol. The van der Waals surface area contributed by atoms with Gasteiger partial charge in [0.15, 0.2) is 5.96 Å². The first-order valence-electron chi connectivity index (χ1n) is 11.0. The van der Waals surface area contributed by atoms with Gasteiger partial charge in [-0.1, -0.05) is 30.3 Å². The number of aromatic nitrogens is 4. The van der Waals surface area contributed by atoms with E-state index in [1.54, 1.807) is 7.05 Å². The Morgan fingerprint density at radius 1 is 1.19 bits per heavy atom. The van der Waals surface area contributed by atoms with Gasteiger partial charge >= 0.3 is 0 Å². The number of hydrogen-bond acceptors (Lipinski definition) is 3. The molecule has 1 atom stereocenters. The minimum Gasteiger partial charge on any atom is -0.354 e. The van der Waals surface area contributed by atoms with E-state index in [1.807, 2.05) is 17.9 Å². The molecule has 0 amide bonds. The fourth-order valence-corrected chi connectivity index (χ4v) is 3.87. The van der Waals surface area contributed by atoms with Gasteiger partial charge in [-0.2, -0.15) is 5.10 Å². The molecule has 166 valence electrons. The Balaban J connectivity index is 1.49. The average molecular weight is 422 g/mol. The van der Waals surface area contributed by atoms with Crippen molar-refractivity contribution in [3.63, 3.8) is 0 Å². The summed E-state index contributed by atoms with van der Waals surface area (Å²) in [5, 5.41) is 11.4. The van der Waals surface area contributed by atoms with Gasteiger partial charge in [0, 0.05) is 44.8 Å². The summed E-state index contributed by atoms with van der Waals surface area (Å²) in [5.74, 6) is 1.80. The zero-order chi connectivity index (χ0) is 22.2. The molecule has 0 bridgehead atoms. The van der Waals surface area contributed by atoms with E-state index in [0.717, 1.165) is 43.3 Å². The SMILES string of the molecule is CN=C(NCc1nccn1CCCc1ccccc1)NC(C)Cc1c(C)nn(C)c1C. The number of guanidine groups is 1. The van der Waals surface area contributed by atoms with Crippen LogP contribution in [0.3, 0.4) is 0 Å².